The summed E-state index contributed by atoms with van der Waals surface area (Å²) in [6, 6.07) is 0. The largest absolute Gasteiger partial charge is 0.463 e. The second-order valence-electron chi connectivity index (χ2n) is 6.33. The first kappa shape index (κ1) is 19.0. The summed E-state index contributed by atoms with van der Waals surface area (Å²) in [6.45, 7) is 3.95. The van der Waals surface area contributed by atoms with Crippen molar-refractivity contribution in [3.05, 3.63) is 0 Å². The fourth-order valence-corrected chi connectivity index (χ4v) is 3.28. The van der Waals surface area contributed by atoms with Gasteiger partial charge in [-0.2, -0.15) is 0 Å². The Morgan fingerprint density at radius 2 is 1.69 bits per heavy atom. The molecule has 3 rings (SSSR count). The molecule has 1 spiro atoms. The van der Waals surface area contributed by atoms with E-state index in [1.165, 1.54) is 20.8 Å². The van der Waals surface area contributed by atoms with Gasteiger partial charge in [0.2, 0.25) is 0 Å². The topological polar surface area (TPSA) is 116 Å². The molecule has 0 aromatic rings. The first-order valence-electron chi connectivity index (χ1n) is 8.42. The molecule has 0 aromatic heterocycles. The molecule has 6 atom stereocenters. The van der Waals surface area contributed by atoms with Crippen molar-refractivity contribution in [1.82, 2.24) is 0 Å². The standard InChI is InChI=1S/C16H22O10/c1-8(17)20-7-11-12(22-9(2)18)13(23-10(3)19)14-15(24-11)26-16(25-14)5-4-6-21-16/h11-15H,4-7H2,1-3H3/t11?,12?,13?,14?,15?,16-/m1/s1. The van der Waals surface area contributed by atoms with Gasteiger partial charge >= 0.3 is 17.9 Å². The first-order valence-corrected chi connectivity index (χ1v) is 8.42. The molecule has 0 saturated carbocycles. The number of carbonyl (C=O) groups is 3. The first-order chi connectivity index (χ1) is 12.3. The molecule has 3 aliphatic rings. The van der Waals surface area contributed by atoms with Crippen molar-refractivity contribution in [3.63, 3.8) is 0 Å². The lowest BCUT2D eigenvalue weighted by atomic mass is 9.98. The van der Waals surface area contributed by atoms with E-state index in [0.717, 1.165) is 6.42 Å². The minimum Gasteiger partial charge on any atom is -0.463 e. The van der Waals surface area contributed by atoms with Crippen LogP contribution in [0.1, 0.15) is 33.6 Å². The van der Waals surface area contributed by atoms with Gasteiger partial charge in [-0.15, -0.1) is 0 Å². The number of ether oxygens (including phenoxy) is 7. The highest BCUT2D eigenvalue weighted by molar-refractivity contribution is 5.67. The summed E-state index contributed by atoms with van der Waals surface area (Å²) in [5.41, 5.74) is 0. The zero-order valence-corrected chi connectivity index (χ0v) is 14.8. The van der Waals surface area contributed by atoms with Crippen LogP contribution in [0.3, 0.4) is 0 Å². The van der Waals surface area contributed by atoms with Crippen molar-refractivity contribution in [2.45, 2.75) is 70.3 Å². The van der Waals surface area contributed by atoms with Crippen molar-refractivity contribution >= 4 is 17.9 Å². The lowest BCUT2D eigenvalue weighted by molar-refractivity contribution is -0.334. The van der Waals surface area contributed by atoms with Gasteiger partial charge in [0.15, 0.2) is 24.6 Å². The summed E-state index contributed by atoms with van der Waals surface area (Å²) in [7, 11) is 0. The van der Waals surface area contributed by atoms with Crippen LogP contribution < -0.4 is 0 Å². The van der Waals surface area contributed by atoms with Crippen LogP contribution >= 0.6 is 0 Å². The predicted molar refractivity (Wildman–Crippen MR) is 80.3 cm³/mol. The maximum absolute atomic E-state index is 11.6. The molecule has 0 radical (unpaired) electrons. The number of rotatable bonds is 4. The van der Waals surface area contributed by atoms with E-state index < -0.39 is 54.6 Å². The fourth-order valence-electron chi connectivity index (χ4n) is 3.28. The van der Waals surface area contributed by atoms with Crippen LogP contribution in [-0.4, -0.2) is 67.8 Å². The third kappa shape index (κ3) is 3.98. The lowest BCUT2D eigenvalue weighted by Crippen LogP contribution is -2.60. The second-order valence-corrected chi connectivity index (χ2v) is 6.33. The maximum atomic E-state index is 11.6. The van der Waals surface area contributed by atoms with Crippen molar-refractivity contribution in [3.8, 4) is 0 Å². The van der Waals surface area contributed by atoms with E-state index in [1.54, 1.807) is 0 Å². The highest BCUT2D eigenvalue weighted by Crippen LogP contribution is 2.43. The van der Waals surface area contributed by atoms with E-state index in [2.05, 4.69) is 0 Å². The van der Waals surface area contributed by atoms with Gasteiger partial charge in [0.1, 0.15) is 12.7 Å². The van der Waals surface area contributed by atoms with E-state index in [1.807, 2.05) is 0 Å². The third-order valence-corrected chi connectivity index (χ3v) is 4.21. The number of esters is 3. The molecule has 3 saturated heterocycles. The van der Waals surface area contributed by atoms with Gasteiger partial charge in [-0.3, -0.25) is 19.1 Å². The Balaban J connectivity index is 1.85. The van der Waals surface area contributed by atoms with Crippen LogP contribution in [0.2, 0.25) is 0 Å². The maximum Gasteiger partial charge on any atom is 0.303 e. The normalized spacial score (nSPS) is 38.7. The Labute approximate surface area is 149 Å². The molecule has 146 valence electrons. The summed E-state index contributed by atoms with van der Waals surface area (Å²) < 4.78 is 38.6. The Morgan fingerprint density at radius 1 is 1.00 bits per heavy atom. The van der Waals surface area contributed by atoms with Gasteiger partial charge in [0.25, 0.3) is 5.97 Å². The smallest absolute Gasteiger partial charge is 0.303 e. The van der Waals surface area contributed by atoms with Crippen LogP contribution in [0.15, 0.2) is 0 Å². The fraction of sp³-hybridized carbons (Fsp3) is 0.812. The minimum absolute atomic E-state index is 0.203. The molecule has 0 amide bonds. The molecule has 0 N–H and O–H groups in total. The van der Waals surface area contributed by atoms with Gasteiger partial charge in [0.05, 0.1) is 6.61 Å². The van der Waals surface area contributed by atoms with E-state index >= 15 is 0 Å². The molecule has 3 fully saturated rings. The minimum atomic E-state index is -1.27. The van der Waals surface area contributed by atoms with Crippen LogP contribution in [-0.2, 0) is 47.5 Å². The van der Waals surface area contributed by atoms with Crippen molar-refractivity contribution < 1.29 is 47.5 Å². The number of fused-ring (bicyclic) bond motifs is 1. The van der Waals surface area contributed by atoms with Crippen LogP contribution in [0.5, 0.6) is 0 Å². The number of hydrogen-bond donors (Lipinski definition) is 0. The average molecular weight is 374 g/mol. The SMILES string of the molecule is CC(=O)OCC1OC2O[C@@]3(CCCO3)OC2C(OC(C)=O)C1OC(C)=O. The zero-order chi connectivity index (χ0) is 18.9. The molecule has 10 heteroatoms. The molecule has 5 unspecified atom stereocenters. The van der Waals surface area contributed by atoms with Crippen LogP contribution in [0.25, 0.3) is 0 Å². The second kappa shape index (κ2) is 7.47. The molecule has 0 aromatic carbocycles. The summed E-state index contributed by atoms with van der Waals surface area (Å²) in [5, 5.41) is 0. The van der Waals surface area contributed by atoms with E-state index in [9.17, 15) is 14.4 Å². The summed E-state index contributed by atoms with van der Waals surface area (Å²) in [6.07, 6.45) is -3.48. The zero-order valence-electron chi connectivity index (χ0n) is 14.8. The van der Waals surface area contributed by atoms with E-state index in [-0.39, 0.29) is 6.61 Å². The quantitative estimate of drug-likeness (QED) is 0.492. The molecule has 3 heterocycles. The summed E-state index contributed by atoms with van der Waals surface area (Å²) in [5.74, 6) is -2.99. The van der Waals surface area contributed by atoms with Gasteiger partial charge < -0.3 is 28.4 Å². The Bertz CT molecular complexity index is 569. The predicted octanol–water partition coefficient (Wildman–Crippen LogP) is 0.0174. The van der Waals surface area contributed by atoms with Gasteiger partial charge in [0, 0.05) is 27.2 Å². The lowest BCUT2D eigenvalue weighted by Gasteiger charge is -2.40. The highest BCUT2D eigenvalue weighted by Gasteiger charge is 2.61. The monoisotopic (exact) mass is 374 g/mol. The van der Waals surface area contributed by atoms with Crippen LogP contribution in [0, 0.1) is 0 Å². The Kier molecular flexibility index (Phi) is 5.47. The molecule has 0 bridgehead atoms. The molecular formula is C16H22O10. The van der Waals surface area contributed by atoms with E-state index in [4.69, 9.17) is 33.2 Å². The third-order valence-electron chi connectivity index (χ3n) is 4.21. The highest BCUT2D eigenvalue weighted by atomic mass is 16.9. The summed E-state index contributed by atoms with van der Waals surface area (Å²) >= 11 is 0. The molecule has 3 aliphatic heterocycles. The summed E-state index contributed by atoms with van der Waals surface area (Å²) in [4.78, 5) is 34.3. The van der Waals surface area contributed by atoms with Gasteiger partial charge in [-0.1, -0.05) is 0 Å². The Hall–Kier alpha value is -1.75. The van der Waals surface area contributed by atoms with Gasteiger partial charge in [-0.05, 0) is 6.42 Å². The van der Waals surface area contributed by atoms with Crippen molar-refractivity contribution in [2.24, 2.45) is 0 Å². The molecular weight excluding hydrogens is 352 g/mol. The Morgan fingerprint density at radius 3 is 2.27 bits per heavy atom. The van der Waals surface area contributed by atoms with Crippen molar-refractivity contribution in [2.75, 3.05) is 13.2 Å². The van der Waals surface area contributed by atoms with Crippen LogP contribution in [0.4, 0.5) is 0 Å². The molecule has 26 heavy (non-hydrogen) atoms. The molecule has 0 aliphatic carbocycles. The number of carbonyl (C=O) groups excluding carboxylic acids is 3. The molecule has 10 nitrogen and oxygen atoms in total. The number of hydrogen-bond acceptors (Lipinski definition) is 10. The van der Waals surface area contributed by atoms with E-state index in [0.29, 0.717) is 13.0 Å². The average Bonchev–Trinajstić information content (AvgIpc) is 3.13. The van der Waals surface area contributed by atoms with Gasteiger partial charge in [-0.25, -0.2) is 0 Å². The van der Waals surface area contributed by atoms with Crippen molar-refractivity contribution in [1.29, 1.82) is 0 Å².